The number of benzene rings is 1. The Morgan fingerprint density at radius 2 is 2.29 bits per heavy atom. The summed E-state index contributed by atoms with van der Waals surface area (Å²) in [5, 5.41) is 9.98. The molecule has 14 heavy (non-hydrogen) atoms. The van der Waals surface area contributed by atoms with E-state index in [4.69, 9.17) is 16.9 Å². The van der Waals surface area contributed by atoms with Gasteiger partial charge in [-0.1, -0.05) is 0 Å². The third-order valence-corrected chi connectivity index (χ3v) is 3.91. The summed E-state index contributed by atoms with van der Waals surface area (Å²) in [7, 11) is 0. The molecule has 0 aliphatic rings. The van der Waals surface area contributed by atoms with E-state index >= 15 is 0 Å². The molecule has 0 spiro atoms. The lowest BCUT2D eigenvalue weighted by Gasteiger charge is -2.00. The first-order valence-electron chi connectivity index (χ1n) is 3.93. The largest absolute Gasteiger partial charge is 0.192 e. The van der Waals surface area contributed by atoms with Crippen LogP contribution in [0.2, 0.25) is 0 Å². The van der Waals surface area contributed by atoms with Crippen LogP contribution in [0.1, 0.15) is 11.1 Å². The van der Waals surface area contributed by atoms with Gasteiger partial charge < -0.3 is 0 Å². The molecule has 0 saturated heterocycles. The number of nitrogens with zero attached hydrogens (tertiary/aromatic N) is 1. The van der Waals surface area contributed by atoms with E-state index in [9.17, 15) is 0 Å². The first kappa shape index (κ1) is 9.97. The number of nitriles is 1. The first-order valence-corrected chi connectivity index (χ1v) is 6.07. The molecule has 1 nitrogen and oxygen atoms in total. The summed E-state index contributed by atoms with van der Waals surface area (Å²) < 4.78 is 2.22. The van der Waals surface area contributed by atoms with E-state index in [-0.39, 0.29) is 0 Å². The number of rotatable bonds is 1. The van der Waals surface area contributed by atoms with Gasteiger partial charge >= 0.3 is 0 Å². The fraction of sp³-hybridized carbons (Fsp3) is 0.100. The van der Waals surface area contributed by atoms with Crippen molar-refractivity contribution in [1.82, 2.24) is 0 Å². The molecule has 0 N–H and O–H groups in total. The van der Waals surface area contributed by atoms with Crippen LogP contribution >= 0.6 is 38.9 Å². The summed E-state index contributed by atoms with van der Waals surface area (Å²) in [4.78, 5) is 0. The Morgan fingerprint density at radius 3 is 2.93 bits per heavy atom. The average Bonchev–Trinajstić information content (AvgIpc) is 2.56. The third kappa shape index (κ3) is 1.54. The molecule has 70 valence electrons. The number of thiophene rings is 1. The average molecular weight is 287 g/mol. The van der Waals surface area contributed by atoms with Crippen molar-refractivity contribution in [2.24, 2.45) is 0 Å². The van der Waals surface area contributed by atoms with Crippen molar-refractivity contribution in [3.05, 3.63) is 33.1 Å². The Labute approximate surface area is 99.0 Å². The van der Waals surface area contributed by atoms with Crippen LogP contribution in [0, 0.1) is 11.3 Å². The molecule has 0 fully saturated rings. The molecule has 0 bridgehead atoms. The molecule has 1 heterocycles. The van der Waals surface area contributed by atoms with Gasteiger partial charge in [0, 0.05) is 10.6 Å². The molecule has 0 amide bonds. The zero-order valence-corrected chi connectivity index (χ0v) is 10.2. The van der Waals surface area contributed by atoms with E-state index in [1.165, 1.54) is 0 Å². The van der Waals surface area contributed by atoms with Crippen molar-refractivity contribution >= 4 is 49.0 Å². The molecule has 1 aromatic carbocycles. The zero-order valence-electron chi connectivity index (χ0n) is 7.05. The highest BCUT2D eigenvalue weighted by Crippen LogP contribution is 2.33. The number of hydrogen-bond acceptors (Lipinski definition) is 2. The number of halogens is 2. The topological polar surface area (TPSA) is 23.8 Å². The van der Waals surface area contributed by atoms with Gasteiger partial charge in [-0.25, -0.2) is 0 Å². The van der Waals surface area contributed by atoms with Gasteiger partial charge in [-0.15, -0.1) is 22.9 Å². The maximum absolute atomic E-state index is 8.90. The molecular weight excluding hydrogens is 282 g/mol. The van der Waals surface area contributed by atoms with Gasteiger partial charge in [0.05, 0.1) is 15.4 Å². The van der Waals surface area contributed by atoms with Crippen LogP contribution < -0.4 is 0 Å². The summed E-state index contributed by atoms with van der Waals surface area (Å²) in [5.74, 6) is 0.378. The Hall–Kier alpha value is -0.560. The van der Waals surface area contributed by atoms with Crippen molar-refractivity contribution in [3.8, 4) is 6.07 Å². The molecule has 2 aromatic rings. The van der Waals surface area contributed by atoms with E-state index < -0.39 is 0 Å². The fourth-order valence-electron chi connectivity index (χ4n) is 1.39. The van der Waals surface area contributed by atoms with Gasteiger partial charge in [-0.05, 0) is 45.1 Å². The smallest absolute Gasteiger partial charge is 0.0995 e. The van der Waals surface area contributed by atoms with Crippen molar-refractivity contribution in [2.75, 3.05) is 0 Å². The van der Waals surface area contributed by atoms with Gasteiger partial charge in [0.25, 0.3) is 0 Å². The Bertz CT molecular complexity index is 527. The second-order valence-electron chi connectivity index (χ2n) is 2.80. The van der Waals surface area contributed by atoms with Crippen LogP contribution in [-0.2, 0) is 5.88 Å². The highest BCUT2D eigenvalue weighted by molar-refractivity contribution is 9.11. The highest BCUT2D eigenvalue weighted by atomic mass is 79.9. The molecule has 2 rings (SSSR count). The van der Waals surface area contributed by atoms with Gasteiger partial charge in [-0.3, -0.25) is 0 Å². The third-order valence-electron chi connectivity index (χ3n) is 2.04. The van der Waals surface area contributed by atoms with Crippen LogP contribution in [-0.4, -0.2) is 0 Å². The fourth-order valence-corrected chi connectivity index (χ4v) is 3.24. The Balaban J connectivity index is 2.84. The maximum Gasteiger partial charge on any atom is 0.0995 e. The van der Waals surface area contributed by atoms with Crippen molar-refractivity contribution in [1.29, 1.82) is 5.26 Å². The lowest BCUT2D eigenvalue weighted by atomic mass is 10.1. The maximum atomic E-state index is 8.90. The van der Waals surface area contributed by atoms with Gasteiger partial charge in [0.2, 0.25) is 0 Å². The van der Waals surface area contributed by atoms with Crippen LogP contribution in [0.25, 0.3) is 10.1 Å². The summed E-state index contributed by atoms with van der Waals surface area (Å²) in [6.07, 6.45) is 0. The van der Waals surface area contributed by atoms with E-state index in [1.807, 2.05) is 18.2 Å². The summed E-state index contributed by atoms with van der Waals surface area (Å²) in [6, 6.07) is 7.95. The lowest BCUT2D eigenvalue weighted by molar-refractivity contribution is 1.39. The second-order valence-corrected chi connectivity index (χ2v) is 5.53. The molecule has 4 heteroatoms. The van der Waals surface area contributed by atoms with Crippen molar-refractivity contribution < 1.29 is 0 Å². The minimum absolute atomic E-state index is 0.378. The summed E-state index contributed by atoms with van der Waals surface area (Å²) in [6.45, 7) is 0. The van der Waals surface area contributed by atoms with E-state index in [1.54, 1.807) is 11.3 Å². The molecule has 0 radical (unpaired) electrons. The number of alkyl halides is 1. The molecule has 0 saturated carbocycles. The molecule has 0 atom stereocenters. The predicted octanol–water partition coefficient (Wildman–Crippen LogP) is 4.27. The minimum atomic E-state index is 0.378. The molecule has 0 aliphatic heterocycles. The van der Waals surface area contributed by atoms with E-state index in [2.05, 4.69) is 22.0 Å². The number of hydrogen-bond donors (Lipinski definition) is 0. The van der Waals surface area contributed by atoms with Crippen LogP contribution in [0.15, 0.2) is 22.0 Å². The van der Waals surface area contributed by atoms with E-state index in [0.29, 0.717) is 11.4 Å². The molecule has 1 aromatic heterocycles. The normalized spacial score (nSPS) is 10.4. The standard InChI is InChI=1S/C10H5BrClNS/c11-10-3-7-8(4-12)6(5-13)1-2-9(7)14-10/h1-3H,4H2. The zero-order chi connectivity index (χ0) is 10.1. The van der Waals surface area contributed by atoms with E-state index in [0.717, 1.165) is 19.4 Å². The quantitative estimate of drug-likeness (QED) is 0.718. The monoisotopic (exact) mass is 285 g/mol. The Kier molecular flexibility index (Phi) is 2.78. The second kappa shape index (κ2) is 3.90. The molecule has 0 unspecified atom stereocenters. The van der Waals surface area contributed by atoms with Crippen molar-refractivity contribution in [2.45, 2.75) is 5.88 Å². The summed E-state index contributed by atoms with van der Waals surface area (Å²) in [5.41, 5.74) is 1.59. The van der Waals surface area contributed by atoms with Gasteiger partial charge in [0.1, 0.15) is 0 Å². The Morgan fingerprint density at radius 1 is 1.50 bits per heavy atom. The highest BCUT2D eigenvalue weighted by Gasteiger charge is 2.08. The predicted molar refractivity (Wildman–Crippen MR) is 63.8 cm³/mol. The van der Waals surface area contributed by atoms with Crippen LogP contribution in [0.5, 0.6) is 0 Å². The van der Waals surface area contributed by atoms with Crippen molar-refractivity contribution in [3.63, 3.8) is 0 Å². The van der Waals surface area contributed by atoms with Crippen LogP contribution in [0.4, 0.5) is 0 Å². The lowest BCUT2D eigenvalue weighted by Crippen LogP contribution is -1.85. The first-order chi connectivity index (χ1) is 6.76. The molecule has 0 aliphatic carbocycles. The minimum Gasteiger partial charge on any atom is -0.192 e. The SMILES string of the molecule is N#Cc1ccc2sc(Br)cc2c1CCl. The summed E-state index contributed by atoms with van der Waals surface area (Å²) >= 11 is 10.9. The molecular formula is C10H5BrClNS. The van der Waals surface area contributed by atoms with Gasteiger partial charge in [0.15, 0.2) is 0 Å². The number of fused-ring (bicyclic) bond motifs is 1. The van der Waals surface area contributed by atoms with Crippen LogP contribution in [0.3, 0.4) is 0 Å². The van der Waals surface area contributed by atoms with Gasteiger partial charge in [-0.2, -0.15) is 5.26 Å².